The predicted molar refractivity (Wildman–Crippen MR) is 76.2 cm³/mol. The minimum Gasteiger partial charge on any atom is -0.481 e. The Balaban J connectivity index is 2.23. The Hall–Kier alpha value is -0.150. The number of hydrogen-bond acceptors (Lipinski definition) is 4. The van der Waals surface area contributed by atoms with E-state index in [0.29, 0.717) is 21.7 Å². The van der Waals surface area contributed by atoms with Crippen LogP contribution in [0, 0.1) is 0 Å². The smallest absolute Gasteiger partial charge is 0.305 e. The zero-order valence-corrected chi connectivity index (χ0v) is 13.6. The van der Waals surface area contributed by atoms with Crippen molar-refractivity contribution in [3.63, 3.8) is 0 Å². The molecule has 0 radical (unpaired) electrons. The molecule has 0 amide bonds. The van der Waals surface area contributed by atoms with E-state index < -0.39 is 21.5 Å². The third-order valence-corrected chi connectivity index (χ3v) is 7.57. The number of thiophene rings is 1. The molecule has 1 heterocycles. The molecule has 5 nitrogen and oxygen atoms in total. The molecule has 9 heteroatoms. The van der Waals surface area contributed by atoms with Crippen molar-refractivity contribution in [2.24, 2.45) is 0 Å². The van der Waals surface area contributed by atoms with E-state index in [2.05, 4.69) is 20.7 Å². The standard InChI is InChI=1S/C10H11BrClNO4S2/c11-9-6(12)4-8(18-9)19(16,17)13-10(2-1-3-10)5-7(14)15/h4,13H,1-3,5H2,(H,14,15). The van der Waals surface area contributed by atoms with Crippen LogP contribution in [0.4, 0.5) is 0 Å². The highest BCUT2D eigenvalue weighted by Gasteiger charge is 2.42. The molecule has 19 heavy (non-hydrogen) atoms. The molecule has 0 bridgehead atoms. The Bertz CT molecular complexity index is 590. The van der Waals surface area contributed by atoms with Crippen LogP contribution in [-0.2, 0) is 14.8 Å². The van der Waals surface area contributed by atoms with Gasteiger partial charge in [0.15, 0.2) is 0 Å². The molecule has 1 aromatic rings. The third kappa shape index (κ3) is 3.30. The molecule has 0 saturated heterocycles. The average Bonchev–Trinajstić information content (AvgIpc) is 2.56. The Kier molecular flexibility index (Phi) is 4.27. The van der Waals surface area contributed by atoms with Crippen LogP contribution >= 0.6 is 38.9 Å². The van der Waals surface area contributed by atoms with Crippen molar-refractivity contribution in [3.8, 4) is 0 Å². The minimum absolute atomic E-state index is 0.0843. The fourth-order valence-corrected chi connectivity index (χ4v) is 5.86. The second kappa shape index (κ2) is 5.33. The molecule has 1 saturated carbocycles. The van der Waals surface area contributed by atoms with Gasteiger partial charge in [-0.3, -0.25) is 4.79 Å². The van der Waals surface area contributed by atoms with E-state index in [1.54, 1.807) is 0 Å². The summed E-state index contributed by atoms with van der Waals surface area (Å²) in [5.41, 5.74) is -0.854. The van der Waals surface area contributed by atoms with E-state index in [0.717, 1.165) is 17.8 Å². The van der Waals surface area contributed by atoms with E-state index in [9.17, 15) is 13.2 Å². The summed E-state index contributed by atoms with van der Waals surface area (Å²) in [4.78, 5) is 10.8. The number of nitrogens with one attached hydrogen (secondary N) is 1. The number of aliphatic carboxylic acids is 1. The van der Waals surface area contributed by atoms with Gasteiger partial charge in [0.2, 0.25) is 0 Å². The van der Waals surface area contributed by atoms with Gasteiger partial charge in [0, 0.05) is 5.54 Å². The molecule has 0 aliphatic heterocycles. The van der Waals surface area contributed by atoms with Crippen molar-refractivity contribution in [1.82, 2.24) is 4.72 Å². The summed E-state index contributed by atoms with van der Waals surface area (Å²) < 4.78 is 27.6. The molecule has 0 spiro atoms. The molecule has 2 rings (SSSR count). The third-order valence-electron chi connectivity index (χ3n) is 3.04. The fraction of sp³-hybridized carbons (Fsp3) is 0.500. The lowest BCUT2D eigenvalue weighted by atomic mass is 9.75. The topological polar surface area (TPSA) is 83.5 Å². The van der Waals surface area contributed by atoms with Gasteiger partial charge in [-0.2, -0.15) is 0 Å². The van der Waals surface area contributed by atoms with E-state index in [4.69, 9.17) is 16.7 Å². The molecule has 1 aromatic heterocycles. The molecule has 1 fully saturated rings. The largest absolute Gasteiger partial charge is 0.481 e. The van der Waals surface area contributed by atoms with Crippen LogP contribution in [0.2, 0.25) is 5.02 Å². The SMILES string of the molecule is O=C(O)CC1(NS(=O)(=O)c2cc(Cl)c(Br)s2)CCC1. The molecular formula is C10H11BrClNO4S2. The average molecular weight is 389 g/mol. The van der Waals surface area contributed by atoms with Gasteiger partial charge in [0.25, 0.3) is 10.0 Å². The van der Waals surface area contributed by atoms with Crippen LogP contribution in [0.3, 0.4) is 0 Å². The van der Waals surface area contributed by atoms with Crippen molar-refractivity contribution in [2.75, 3.05) is 0 Å². The lowest BCUT2D eigenvalue weighted by molar-refractivity contribution is -0.139. The van der Waals surface area contributed by atoms with Gasteiger partial charge in [-0.25, -0.2) is 13.1 Å². The number of sulfonamides is 1. The maximum Gasteiger partial charge on any atom is 0.305 e. The number of carbonyl (C=O) groups is 1. The molecule has 0 unspecified atom stereocenters. The summed E-state index contributed by atoms with van der Waals surface area (Å²) in [6.45, 7) is 0. The van der Waals surface area contributed by atoms with Crippen LogP contribution in [0.5, 0.6) is 0 Å². The summed E-state index contributed by atoms with van der Waals surface area (Å²) in [6, 6.07) is 1.35. The van der Waals surface area contributed by atoms with Gasteiger partial charge in [-0.1, -0.05) is 11.6 Å². The first-order valence-electron chi connectivity index (χ1n) is 5.45. The van der Waals surface area contributed by atoms with Gasteiger partial charge < -0.3 is 5.11 Å². The summed E-state index contributed by atoms with van der Waals surface area (Å²) in [6.07, 6.45) is 1.70. The first kappa shape index (κ1) is 15.2. The van der Waals surface area contributed by atoms with Gasteiger partial charge in [0.1, 0.15) is 4.21 Å². The number of halogens is 2. The summed E-state index contributed by atoms with van der Waals surface area (Å²) >= 11 is 9.98. The highest BCUT2D eigenvalue weighted by molar-refractivity contribution is 9.11. The molecule has 2 N–H and O–H groups in total. The first-order chi connectivity index (χ1) is 8.74. The van der Waals surface area contributed by atoms with Gasteiger partial charge in [-0.05, 0) is 41.3 Å². The monoisotopic (exact) mass is 387 g/mol. The minimum atomic E-state index is -3.74. The predicted octanol–water partition coefficient (Wildman–Crippen LogP) is 2.84. The summed E-state index contributed by atoms with van der Waals surface area (Å²) in [5.74, 6) is -1.01. The quantitative estimate of drug-likeness (QED) is 0.812. The van der Waals surface area contributed by atoms with Gasteiger partial charge in [0.05, 0.1) is 15.2 Å². The maximum atomic E-state index is 12.2. The van der Waals surface area contributed by atoms with Crippen LogP contribution in [0.15, 0.2) is 14.1 Å². The summed E-state index contributed by atoms with van der Waals surface area (Å²) in [7, 11) is -3.74. The number of carboxylic acid groups (broad SMARTS) is 1. The number of rotatable bonds is 5. The second-order valence-corrected chi connectivity index (χ2v) is 9.18. The van der Waals surface area contributed by atoms with Gasteiger partial charge in [-0.15, -0.1) is 11.3 Å². The Morgan fingerprint density at radius 1 is 1.58 bits per heavy atom. The van der Waals surface area contributed by atoms with Crippen molar-refractivity contribution in [1.29, 1.82) is 0 Å². The Morgan fingerprint density at radius 2 is 2.21 bits per heavy atom. The second-order valence-electron chi connectivity index (χ2n) is 4.50. The molecule has 0 aromatic carbocycles. The zero-order valence-electron chi connectivity index (χ0n) is 9.65. The lowest BCUT2D eigenvalue weighted by Crippen LogP contribution is -2.54. The van der Waals surface area contributed by atoms with E-state index in [-0.39, 0.29) is 10.6 Å². The first-order valence-corrected chi connectivity index (χ1v) is 8.92. The molecule has 1 aliphatic rings. The number of carboxylic acids is 1. The zero-order chi connectivity index (χ0) is 14.3. The lowest BCUT2D eigenvalue weighted by Gasteiger charge is -2.40. The molecule has 0 atom stereocenters. The van der Waals surface area contributed by atoms with Crippen molar-refractivity contribution < 1.29 is 18.3 Å². The van der Waals surface area contributed by atoms with E-state index in [1.165, 1.54) is 6.07 Å². The van der Waals surface area contributed by atoms with Crippen LogP contribution in [0.1, 0.15) is 25.7 Å². The van der Waals surface area contributed by atoms with Gasteiger partial charge >= 0.3 is 5.97 Å². The van der Waals surface area contributed by atoms with E-state index >= 15 is 0 Å². The maximum absolute atomic E-state index is 12.2. The Morgan fingerprint density at radius 3 is 2.58 bits per heavy atom. The molecule has 1 aliphatic carbocycles. The van der Waals surface area contributed by atoms with E-state index in [1.807, 2.05) is 0 Å². The van der Waals surface area contributed by atoms with Crippen molar-refractivity contribution in [2.45, 2.75) is 35.4 Å². The van der Waals surface area contributed by atoms with Crippen LogP contribution < -0.4 is 4.72 Å². The van der Waals surface area contributed by atoms with Crippen molar-refractivity contribution >= 4 is 54.9 Å². The molecular weight excluding hydrogens is 378 g/mol. The Labute approximate surface area is 128 Å². The summed E-state index contributed by atoms with van der Waals surface area (Å²) in [5, 5.41) is 9.19. The van der Waals surface area contributed by atoms with Crippen molar-refractivity contribution in [3.05, 3.63) is 14.9 Å². The van der Waals surface area contributed by atoms with Crippen LogP contribution in [-0.4, -0.2) is 25.0 Å². The van der Waals surface area contributed by atoms with Crippen LogP contribution in [0.25, 0.3) is 0 Å². The normalized spacial score (nSPS) is 18.0. The number of hydrogen-bond donors (Lipinski definition) is 2. The highest BCUT2D eigenvalue weighted by atomic mass is 79.9. The fourth-order valence-electron chi connectivity index (χ4n) is 2.00. The molecule has 106 valence electrons. The highest BCUT2D eigenvalue weighted by Crippen LogP contribution is 2.39.